The van der Waals surface area contributed by atoms with Crippen LogP contribution < -0.4 is 0 Å². The van der Waals surface area contributed by atoms with Gasteiger partial charge in [-0.2, -0.15) is 5.10 Å². The Morgan fingerprint density at radius 1 is 1.56 bits per heavy atom. The van der Waals surface area contributed by atoms with Gasteiger partial charge in [-0.3, -0.25) is 5.10 Å². The lowest BCUT2D eigenvalue weighted by Gasteiger charge is -1.93. The third-order valence-corrected chi connectivity index (χ3v) is 2.27. The number of nitrogens with one attached hydrogen (secondary N) is 1. The number of methoxy groups -OCH3 is 1. The largest absolute Gasteiger partial charge is 0.466 e. The van der Waals surface area contributed by atoms with Gasteiger partial charge in [0.15, 0.2) is 5.65 Å². The number of halogens is 1. The van der Waals surface area contributed by atoms with Gasteiger partial charge in [-0.15, -0.1) is 0 Å². The molecule has 82 valence electrons. The van der Waals surface area contributed by atoms with Gasteiger partial charge < -0.3 is 4.74 Å². The molecule has 0 aliphatic heterocycles. The Labute approximate surface area is 96.1 Å². The molecule has 0 unspecified atom stereocenters. The first-order valence-electron chi connectivity index (χ1n) is 4.47. The van der Waals surface area contributed by atoms with Crippen LogP contribution in [0.5, 0.6) is 0 Å². The van der Waals surface area contributed by atoms with E-state index >= 15 is 0 Å². The van der Waals surface area contributed by atoms with E-state index in [0.29, 0.717) is 16.5 Å². The van der Waals surface area contributed by atoms with Crippen molar-refractivity contribution in [3.05, 3.63) is 29.1 Å². The number of pyridine rings is 1. The van der Waals surface area contributed by atoms with Gasteiger partial charge in [-0.25, -0.2) is 9.78 Å². The van der Waals surface area contributed by atoms with Gasteiger partial charge in [-0.1, -0.05) is 11.6 Å². The van der Waals surface area contributed by atoms with Gasteiger partial charge in [0.25, 0.3) is 0 Å². The van der Waals surface area contributed by atoms with Crippen molar-refractivity contribution < 1.29 is 9.53 Å². The third-order valence-electron chi connectivity index (χ3n) is 1.98. The molecule has 0 bridgehead atoms. The summed E-state index contributed by atoms with van der Waals surface area (Å²) >= 11 is 5.82. The molecule has 0 fully saturated rings. The van der Waals surface area contributed by atoms with Crippen LogP contribution in [0.4, 0.5) is 0 Å². The summed E-state index contributed by atoms with van der Waals surface area (Å²) in [6, 6.07) is 3.52. The van der Waals surface area contributed by atoms with Crippen molar-refractivity contribution in [2.24, 2.45) is 0 Å². The van der Waals surface area contributed by atoms with E-state index in [9.17, 15) is 4.79 Å². The molecule has 2 aromatic rings. The number of fused-ring (bicyclic) bond motifs is 1. The molecule has 16 heavy (non-hydrogen) atoms. The zero-order valence-corrected chi connectivity index (χ0v) is 9.15. The first-order valence-corrected chi connectivity index (χ1v) is 4.85. The summed E-state index contributed by atoms with van der Waals surface area (Å²) < 4.78 is 4.47. The number of carbonyl (C=O) groups is 1. The number of ether oxygens (including phenoxy) is 1. The molecule has 0 aromatic carbocycles. The van der Waals surface area contributed by atoms with Gasteiger partial charge >= 0.3 is 5.97 Å². The lowest BCUT2D eigenvalue weighted by atomic mass is 10.3. The molecular formula is C10H8ClN3O2. The number of aromatic amines is 1. The van der Waals surface area contributed by atoms with Crippen LogP contribution in [-0.2, 0) is 9.53 Å². The van der Waals surface area contributed by atoms with E-state index in [1.807, 2.05) is 0 Å². The molecule has 5 nitrogen and oxygen atoms in total. The number of aromatic nitrogens is 3. The van der Waals surface area contributed by atoms with Gasteiger partial charge in [0.1, 0.15) is 5.15 Å². The molecule has 2 heterocycles. The van der Waals surface area contributed by atoms with Gasteiger partial charge in [-0.05, 0) is 18.2 Å². The number of esters is 1. The number of carbonyl (C=O) groups excluding carboxylic acids is 1. The van der Waals surface area contributed by atoms with Crippen LogP contribution in [0.25, 0.3) is 17.1 Å². The molecular weight excluding hydrogens is 230 g/mol. The quantitative estimate of drug-likeness (QED) is 0.639. The first kappa shape index (κ1) is 10.6. The van der Waals surface area contributed by atoms with Crippen LogP contribution in [0, 0.1) is 0 Å². The van der Waals surface area contributed by atoms with Crippen molar-refractivity contribution in [1.82, 2.24) is 15.2 Å². The zero-order valence-electron chi connectivity index (χ0n) is 8.40. The lowest BCUT2D eigenvalue weighted by Crippen LogP contribution is -1.93. The molecule has 0 aliphatic rings. The second kappa shape index (κ2) is 4.32. The summed E-state index contributed by atoms with van der Waals surface area (Å²) in [5, 5.41) is 7.72. The molecule has 0 saturated carbocycles. The summed E-state index contributed by atoms with van der Waals surface area (Å²) in [5.41, 5.74) is 1.12. The smallest absolute Gasteiger partial charge is 0.330 e. The molecule has 1 N–H and O–H groups in total. The number of nitrogens with zero attached hydrogens (tertiary/aromatic N) is 2. The van der Waals surface area contributed by atoms with E-state index < -0.39 is 5.97 Å². The maximum absolute atomic E-state index is 10.9. The summed E-state index contributed by atoms with van der Waals surface area (Å²) in [5.74, 6) is -0.429. The normalized spacial score (nSPS) is 11.1. The molecule has 0 amide bonds. The number of hydrogen-bond acceptors (Lipinski definition) is 4. The standard InChI is InChI=1S/C10H8ClN3O2/c1-16-8(15)5-3-6-2-4-7-9(11)13-14-10(7)12-6/h2-5H,1H3,(H,12,13,14)/b5-3+. The minimum atomic E-state index is -0.429. The Morgan fingerprint density at radius 2 is 2.38 bits per heavy atom. The average molecular weight is 238 g/mol. The Hall–Kier alpha value is -1.88. The van der Waals surface area contributed by atoms with Crippen molar-refractivity contribution in [3.63, 3.8) is 0 Å². The molecule has 0 atom stereocenters. The second-order valence-electron chi connectivity index (χ2n) is 3.00. The fraction of sp³-hybridized carbons (Fsp3) is 0.100. The lowest BCUT2D eigenvalue weighted by molar-refractivity contribution is -0.134. The van der Waals surface area contributed by atoms with Crippen LogP contribution in [0.3, 0.4) is 0 Å². The highest BCUT2D eigenvalue weighted by atomic mass is 35.5. The van der Waals surface area contributed by atoms with E-state index in [2.05, 4.69) is 19.9 Å². The predicted octanol–water partition coefficient (Wildman–Crippen LogP) is 1.80. The fourth-order valence-corrected chi connectivity index (χ4v) is 1.39. The van der Waals surface area contributed by atoms with Crippen LogP contribution in [0.15, 0.2) is 18.2 Å². The van der Waals surface area contributed by atoms with E-state index in [-0.39, 0.29) is 0 Å². The van der Waals surface area contributed by atoms with Crippen molar-refractivity contribution in [1.29, 1.82) is 0 Å². The maximum Gasteiger partial charge on any atom is 0.330 e. The molecule has 0 aliphatic carbocycles. The Morgan fingerprint density at radius 3 is 3.12 bits per heavy atom. The SMILES string of the molecule is COC(=O)/C=C/c1ccc2c(Cl)[nH]nc2n1. The topological polar surface area (TPSA) is 67.9 Å². The first-order chi connectivity index (χ1) is 7.70. The molecule has 2 rings (SSSR count). The highest BCUT2D eigenvalue weighted by molar-refractivity contribution is 6.34. The molecule has 6 heteroatoms. The molecule has 0 saturated heterocycles. The Bertz CT molecular complexity index is 562. The van der Waals surface area contributed by atoms with Crippen molar-refractivity contribution in [2.45, 2.75) is 0 Å². The van der Waals surface area contributed by atoms with Crippen molar-refractivity contribution in [2.75, 3.05) is 7.11 Å². The van der Waals surface area contributed by atoms with E-state index in [4.69, 9.17) is 11.6 Å². The monoisotopic (exact) mass is 237 g/mol. The van der Waals surface area contributed by atoms with Crippen LogP contribution >= 0.6 is 11.6 Å². The predicted molar refractivity (Wildman–Crippen MR) is 59.9 cm³/mol. The zero-order chi connectivity index (χ0) is 11.5. The highest BCUT2D eigenvalue weighted by Gasteiger charge is 2.03. The van der Waals surface area contributed by atoms with E-state index in [0.717, 1.165) is 5.39 Å². The summed E-state index contributed by atoms with van der Waals surface area (Å²) in [4.78, 5) is 15.1. The third kappa shape index (κ3) is 2.04. The van der Waals surface area contributed by atoms with Crippen LogP contribution in [0.2, 0.25) is 5.15 Å². The molecule has 0 spiro atoms. The van der Waals surface area contributed by atoms with Crippen molar-refractivity contribution >= 4 is 34.7 Å². The van der Waals surface area contributed by atoms with Gasteiger partial charge in [0.2, 0.25) is 0 Å². The highest BCUT2D eigenvalue weighted by Crippen LogP contribution is 2.18. The number of hydrogen-bond donors (Lipinski definition) is 1. The minimum Gasteiger partial charge on any atom is -0.466 e. The van der Waals surface area contributed by atoms with Gasteiger partial charge in [0, 0.05) is 6.08 Å². The van der Waals surface area contributed by atoms with E-state index in [1.165, 1.54) is 13.2 Å². The van der Waals surface area contributed by atoms with Crippen LogP contribution in [0.1, 0.15) is 5.69 Å². The molecule has 0 radical (unpaired) electrons. The second-order valence-corrected chi connectivity index (χ2v) is 3.38. The molecule has 2 aromatic heterocycles. The Kier molecular flexibility index (Phi) is 2.87. The number of rotatable bonds is 2. The minimum absolute atomic E-state index is 0.429. The Balaban J connectivity index is 2.33. The summed E-state index contributed by atoms with van der Waals surface area (Å²) in [6.07, 6.45) is 2.84. The van der Waals surface area contributed by atoms with Crippen LogP contribution in [-0.4, -0.2) is 28.3 Å². The summed E-state index contributed by atoms with van der Waals surface area (Å²) in [7, 11) is 1.32. The van der Waals surface area contributed by atoms with Gasteiger partial charge in [0.05, 0.1) is 18.2 Å². The average Bonchev–Trinajstić information content (AvgIpc) is 2.67. The number of H-pyrrole nitrogens is 1. The maximum atomic E-state index is 10.9. The summed E-state index contributed by atoms with van der Waals surface area (Å²) in [6.45, 7) is 0. The van der Waals surface area contributed by atoms with Crippen molar-refractivity contribution in [3.8, 4) is 0 Å². The fourth-order valence-electron chi connectivity index (χ4n) is 1.20. The van der Waals surface area contributed by atoms with E-state index in [1.54, 1.807) is 18.2 Å².